The molecule has 0 spiro atoms. The van der Waals surface area contributed by atoms with E-state index in [0.717, 1.165) is 18.6 Å². The normalized spacial score (nSPS) is 21.5. The Labute approximate surface area is 153 Å². The Morgan fingerprint density at radius 3 is 2.04 bits per heavy atom. The lowest BCUT2D eigenvalue weighted by Gasteiger charge is -2.12. The smallest absolute Gasteiger partial charge is 0.343 e. The molecule has 1 aromatic rings. The number of rotatable bonds is 2. The zero-order chi connectivity index (χ0) is 17.7. The van der Waals surface area contributed by atoms with Crippen LogP contribution in [-0.2, 0) is 4.74 Å². The number of esters is 1. The van der Waals surface area contributed by atoms with E-state index in [1.807, 2.05) is 30.3 Å². The Bertz CT molecular complexity index is 518. The lowest BCUT2D eigenvalue weighted by Crippen LogP contribution is -2.06. The van der Waals surface area contributed by atoms with Gasteiger partial charge >= 0.3 is 5.97 Å². The molecular weight excluding hydrogens is 308 g/mol. The number of ether oxygens (including phenoxy) is 1. The van der Waals surface area contributed by atoms with Crippen LogP contribution < -0.4 is 0 Å². The summed E-state index contributed by atoms with van der Waals surface area (Å²) in [5.41, 5.74) is 0.631. The molecule has 25 heavy (non-hydrogen) atoms. The molecule has 0 amide bonds. The number of carbonyl (C=O) groups excluding carboxylic acids is 1. The van der Waals surface area contributed by atoms with Gasteiger partial charge in [0.1, 0.15) is 5.76 Å². The molecule has 0 heterocycles. The second kappa shape index (κ2) is 11.9. The quantitative estimate of drug-likeness (QED) is 0.538. The van der Waals surface area contributed by atoms with Crippen molar-refractivity contribution < 1.29 is 9.53 Å². The zero-order valence-corrected chi connectivity index (χ0v) is 15.8. The molecular formula is C23H34O2. The third kappa shape index (κ3) is 8.38. The highest BCUT2D eigenvalue weighted by atomic mass is 16.5. The van der Waals surface area contributed by atoms with E-state index in [2.05, 4.69) is 13.0 Å². The van der Waals surface area contributed by atoms with Crippen molar-refractivity contribution in [3.63, 3.8) is 0 Å². The summed E-state index contributed by atoms with van der Waals surface area (Å²) in [7, 11) is 0. The van der Waals surface area contributed by atoms with Gasteiger partial charge in [0.15, 0.2) is 0 Å². The maximum absolute atomic E-state index is 12.4. The predicted octanol–water partition coefficient (Wildman–Crippen LogP) is 7.06. The largest absolute Gasteiger partial charge is 0.428 e. The maximum atomic E-state index is 12.4. The van der Waals surface area contributed by atoms with E-state index in [9.17, 15) is 4.79 Å². The Balaban J connectivity index is 1.95. The van der Waals surface area contributed by atoms with Gasteiger partial charge in [-0.05, 0) is 37.0 Å². The minimum atomic E-state index is -0.225. The number of allylic oxidation sites excluding steroid dienone is 2. The highest BCUT2D eigenvalue weighted by Crippen LogP contribution is 2.21. The van der Waals surface area contributed by atoms with E-state index >= 15 is 0 Å². The minimum Gasteiger partial charge on any atom is -0.428 e. The molecule has 0 saturated carbocycles. The van der Waals surface area contributed by atoms with Gasteiger partial charge in [0.05, 0.1) is 5.56 Å². The molecule has 0 aliphatic heterocycles. The molecule has 1 aliphatic rings. The van der Waals surface area contributed by atoms with Gasteiger partial charge in [-0.2, -0.15) is 0 Å². The predicted molar refractivity (Wildman–Crippen MR) is 105 cm³/mol. The lowest BCUT2D eigenvalue weighted by molar-refractivity contribution is 0.0610. The summed E-state index contributed by atoms with van der Waals surface area (Å²) >= 11 is 0. The van der Waals surface area contributed by atoms with Crippen molar-refractivity contribution in [1.29, 1.82) is 0 Å². The molecule has 1 unspecified atom stereocenters. The van der Waals surface area contributed by atoms with Gasteiger partial charge in [0.2, 0.25) is 0 Å². The van der Waals surface area contributed by atoms with E-state index in [1.165, 1.54) is 64.2 Å². The van der Waals surface area contributed by atoms with Gasteiger partial charge in [-0.3, -0.25) is 0 Å². The lowest BCUT2D eigenvalue weighted by atomic mass is 10.0. The van der Waals surface area contributed by atoms with E-state index in [-0.39, 0.29) is 5.97 Å². The van der Waals surface area contributed by atoms with Gasteiger partial charge in [0.25, 0.3) is 0 Å². The van der Waals surface area contributed by atoms with E-state index in [1.54, 1.807) is 0 Å². The molecule has 0 fully saturated rings. The summed E-state index contributed by atoms with van der Waals surface area (Å²) < 4.78 is 5.75. The van der Waals surface area contributed by atoms with Crippen molar-refractivity contribution in [3.05, 3.63) is 47.7 Å². The van der Waals surface area contributed by atoms with Crippen LogP contribution in [0.1, 0.15) is 94.3 Å². The van der Waals surface area contributed by atoms with Crippen LogP contribution in [0.25, 0.3) is 0 Å². The molecule has 0 aromatic heterocycles. The van der Waals surface area contributed by atoms with Crippen molar-refractivity contribution in [1.82, 2.24) is 0 Å². The summed E-state index contributed by atoms with van der Waals surface area (Å²) in [5, 5.41) is 0. The topological polar surface area (TPSA) is 26.3 Å². The van der Waals surface area contributed by atoms with Crippen LogP contribution in [0.2, 0.25) is 0 Å². The molecule has 0 saturated heterocycles. The molecule has 138 valence electrons. The van der Waals surface area contributed by atoms with Crippen LogP contribution in [0.4, 0.5) is 0 Å². The molecule has 1 atom stereocenters. The van der Waals surface area contributed by atoms with Crippen molar-refractivity contribution >= 4 is 5.97 Å². The van der Waals surface area contributed by atoms with Gasteiger partial charge in [0, 0.05) is 6.42 Å². The van der Waals surface area contributed by atoms with Gasteiger partial charge < -0.3 is 4.74 Å². The minimum absolute atomic E-state index is 0.225. The third-order valence-corrected chi connectivity index (χ3v) is 5.04. The Kier molecular flexibility index (Phi) is 9.40. The average Bonchev–Trinajstić information content (AvgIpc) is 2.63. The van der Waals surface area contributed by atoms with Crippen LogP contribution in [0.15, 0.2) is 42.2 Å². The molecule has 0 bridgehead atoms. The Hall–Kier alpha value is -1.57. The first-order chi connectivity index (χ1) is 12.3. The highest BCUT2D eigenvalue weighted by Gasteiger charge is 2.11. The van der Waals surface area contributed by atoms with E-state index in [4.69, 9.17) is 4.74 Å². The fraction of sp³-hybridized carbons (Fsp3) is 0.609. The molecule has 2 heteroatoms. The van der Waals surface area contributed by atoms with E-state index < -0.39 is 0 Å². The second-order valence-corrected chi connectivity index (χ2v) is 7.44. The standard InChI is InChI=1S/C23H34O2/c1-20-15-11-8-6-4-2-3-5-7-9-14-18-22(19-20)25-23(24)21-16-12-10-13-17-21/h10,12-13,16-17,19-20H,2-9,11,14-15,18H2,1H3. The molecule has 2 rings (SSSR count). The van der Waals surface area contributed by atoms with Crippen LogP contribution in [0, 0.1) is 5.92 Å². The molecule has 0 N–H and O–H groups in total. The van der Waals surface area contributed by atoms with Crippen molar-refractivity contribution in [3.8, 4) is 0 Å². The van der Waals surface area contributed by atoms with Crippen molar-refractivity contribution in [2.45, 2.75) is 84.0 Å². The fourth-order valence-electron chi connectivity index (χ4n) is 3.50. The van der Waals surface area contributed by atoms with Crippen LogP contribution >= 0.6 is 0 Å². The fourth-order valence-corrected chi connectivity index (χ4v) is 3.50. The average molecular weight is 343 g/mol. The van der Waals surface area contributed by atoms with Crippen molar-refractivity contribution in [2.24, 2.45) is 5.92 Å². The number of hydrogen-bond acceptors (Lipinski definition) is 2. The number of carbonyl (C=O) groups is 1. The Morgan fingerprint density at radius 1 is 0.840 bits per heavy atom. The Morgan fingerprint density at radius 2 is 1.40 bits per heavy atom. The summed E-state index contributed by atoms with van der Waals surface area (Å²) in [6, 6.07) is 9.31. The third-order valence-electron chi connectivity index (χ3n) is 5.04. The van der Waals surface area contributed by atoms with E-state index in [0.29, 0.717) is 11.5 Å². The van der Waals surface area contributed by atoms with Crippen LogP contribution in [0.5, 0.6) is 0 Å². The molecule has 1 aliphatic carbocycles. The molecule has 1 aromatic carbocycles. The summed E-state index contributed by atoms with van der Waals surface area (Å²) in [4.78, 5) is 12.4. The van der Waals surface area contributed by atoms with Gasteiger partial charge in [-0.15, -0.1) is 0 Å². The summed E-state index contributed by atoms with van der Waals surface area (Å²) in [6.45, 7) is 2.24. The van der Waals surface area contributed by atoms with Crippen LogP contribution in [-0.4, -0.2) is 5.97 Å². The molecule has 2 nitrogen and oxygen atoms in total. The second-order valence-electron chi connectivity index (χ2n) is 7.44. The van der Waals surface area contributed by atoms with Crippen LogP contribution in [0.3, 0.4) is 0 Å². The summed E-state index contributed by atoms with van der Waals surface area (Å²) in [6.07, 6.45) is 17.4. The zero-order valence-electron chi connectivity index (χ0n) is 15.8. The SMILES string of the molecule is CC1C=C(OC(=O)c2ccccc2)CCCCCCCCCCCC1. The van der Waals surface area contributed by atoms with Gasteiger partial charge in [-0.1, -0.05) is 82.9 Å². The monoisotopic (exact) mass is 342 g/mol. The highest BCUT2D eigenvalue weighted by molar-refractivity contribution is 5.89. The van der Waals surface area contributed by atoms with Gasteiger partial charge in [-0.25, -0.2) is 4.79 Å². The molecule has 0 radical (unpaired) electrons. The number of hydrogen-bond donors (Lipinski definition) is 0. The maximum Gasteiger partial charge on any atom is 0.343 e. The first kappa shape index (κ1) is 19.8. The first-order valence-corrected chi connectivity index (χ1v) is 10.2. The van der Waals surface area contributed by atoms with Crippen molar-refractivity contribution in [2.75, 3.05) is 0 Å². The first-order valence-electron chi connectivity index (χ1n) is 10.2. The number of benzene rings is 1. The summed E-state index contributed by atoms with van der Waals surface area (Å²) in [5.74, 6) is 1.12.